The highest BCUT2D eigenvalue weighted by Crippen LogP contribution is 2.34. The molecule has 0 amide bonds. The Balaban J connectivity index is 0.000000189. The van der Waals surface area contributed by atoms with E-state index in [2.05, 4.69) is 0 Å². The van der Waals surface area contributed by atoms with Gasteiger partial charge in [0.15, 0.2) is 0 Å². The van der Waals surface area contributed by atoms with Gasteiger partial charge in [-0.05, 0) is 109 Å². The summed E-state index contributed by atoms with van der Waals surface area (Å²) in [7, 11) is -6.17. The van der Waals surface area contributed by atoms with Crippen LogP contribution in [0.4, 0.5) is 8.78 Å². The SMILES string of the molecule is COC(=O)Cn1c(C)c(Cc2ccccc2S(=O)(=O)c2ccccc2)c2cc(F)ccc21.Cc1c(Cc2ccccc2S(=O)(=O)c2ccccc2)c2cc(F)ccc2n1CC(=O)O. The molecule has 10 nitrogen and oxygen atoms in total. The summed E-state index contributed by atoms with van der Waals surface area (Å²) in [5.74, 6) is -2.28. The van der Waals surface area contributed by atoms with E-state index in [-0.39, 0.29) is 45.5 Å². The lowest BCUT2D eigenvalue weighted by Gasteiger charge is -2.12. The second-order valence-electron chi connectivity index (χ2n) is 14.8. The van der Waals surface area contributed by atoms with Crippen LogP contribution in [0.3, 0.4) is 0 Å². The average molecular weight is 889 g/mol. The van der Waals surface area contributed by atoms with E-state index in [9.17, 15) is 40.3 Å². The van der Waals surface area contributed by atoms with E-state index in [0.29, 0.717) is 44.2 Å². The zero-order valence-corrected chi connectivity index (χ0v) is 36.1. The smallest absolute Gasteiger partial charge is 0.325 e. The summed E-state index contributed by atoms with van der Waals surface area (Å²) >= 11 is 0. The normalized spacial score (nSPS) is 11.6. The molecule has 8 aromatic rings. The molecule has 0 unspecified atom stereocenters. The predicted octanol–water partition coefficient (Wildman–Crippen LogP) is 9.28. The molecule has 63 heavy (non-hydrogen) atoms. The Labute approximate surface area is 363 Å². The third-order valence-corrected chi connectivity index (χ3v) is 14.7. The first-order valence-electron chi connectivity index (χ1n) is 19.7. The van der Waals surface area contributed by atoms with Crippen LogP contribution in [-0.4, -0.2) is 50.1 Å². The number of ether oxygens (including phenoxy) is 1. The number of fused-ring (bicyclic) bond motifs is 2. The molecule has 0 saturated heterocycles. The first-order valence-corrected chi connectivity index (χ1v) is 22.7. The van der Waals surface area contributed by atoms with Gasteiger partial charge in [0, 0.05) is 46.0 Å². The van der Waals surface area contributed by atoms with Crippen molar-refractivity contribution in [3.8, 4) is 0 Å². The van der Waals surface area contributed by atoms with E-state index in [0.717, 1.165) is 11.3 Å². The van der Waals surface area contributed by atoms with Gasteiger partial charge in [0.2, 0.25) is 19.7 Å². The molecule has 8 rings (SSSR count). The van der Waals surface area contributed by atoms with E-state index >= 15 is 0 Å². The fraction of sp³-hybridized carbons (Fsp3) is 0.143. The Morgan fingerprint density at radius 2 is 0.937 bits per heavy atom. The number of halogens is 2. The number of sulfone groups is 2. The standard InChI is InChI=1S/C25H22FNO4S.C24H20FNO4S/c1-17-21(22-15-19(26)12-13-23(22)27(17)16-25(28)31-2)14-18-8-6-7-11-24(18)32(29,30)20-9-4-3-5-10-20;1-16-20(21-14-18(25)11-12-22(21)26(16)15-24(27)28)13-17-7-5-6-10-23(17)31(29,30)19-8-3-2-4-9-19/h3-13,15H,14,16H2,1-2H3;2-12,14H,13,15H2,1H3,(H,27,28). The maximum absolute atomic E-state index is 14.1. The largest absolute Gasteiger partial charge is 0.480 e. The van der Waals surface area contributed by atoms with Crippen LogP contribution in [0.5, 0.6) is 0 Å². The Bertz CT molecular complexity index is 3240. The summed E-state index contributed by atoms with van der Waals surface area (Å²) in [5, 5.41) is 10.5. The molecule has 0 aliphatic heterocycles. The van der Waals surface area contributed by atoms with Gasteiger partial charge in [0.1, 0.15) is 24.7 Å². The lowest BCUT2D eigenvalue weighted by molar-refractivity contribution is -0.141. The summed E-state index contributed by atoms with van der Waals surface area (Å²) in [4.78, 5) is 24.1. The first-order chi connectivity index (χ1) is 30.1. The van der Waals surface area contributed by atoms with Gasteiger partial charge in [-0.1, -0.05) is 72.8 Å². The number of carboxylic acids is 1. The number of aliphatic carboxylic acids is 1. The Morgan fingerprint density at radius 3 is 1.33 bits per heavy atom. The first kappa shape index (κ1) is 44.2. The molecule has 0 radical (unpaired) electrons. The number of aromatic nitrogens is 2. The van der Waals surface area contributed by atoms with E-state index in [4.69, 9.17) is 4.74 Å². The lowest BCUT2D eigenvalue weighted by atomic mass is 10.0. The molecule has 1 N–H and O–H groups in total. The van der Waals surface area contributed by atoms with Crippen LogP contribution < -0.4 is 0 Å². The van der Waals surface area contributed by atoms with Crippen molar-refractivity contribution in [3.05, 3.63) is 191 Å². The van der Waals surface area contributed by atoms with Crippen molar-refractivity contribution in [3.63, 3.8) is 0 Å². The second-order valence-corrected chi connectivity index (χ2v) is 18.6. The van der Waals surface area contributed by atoms with Crippen LogP contribution in [0.2, 0.25) is 0 Å². The molecular formula is C49H42F2N2O8S2. The molecule has 6 aromatic carbocycles. The van der Waals surface area contributed by atoms with Crippen LogP contribution in [0.25, 0.3) is 21.8 Å². The summed E-state index contributed by atoms with van der Waals surface area (Å²) in [6.07, 6.45) is 0.489. The van der Waals surface area contributed by atoms with Gasteiger partial charge in [0.25, 0.3) is 0 Å². The van der Waals surface area contributed by atoms with Crippen molar-refractivity contribution in [1.29, 1.82) is 0 Å². The topological polar surface area (TPSA) is 142 Å². The average Bonchev–Trinajstić information content (AvgIpc) is 3.67. The molecule has 0 spiro atoms. The van der Waals surface area contributed by atoms with Crippen LogP contribution in [0, 0.1) is 25.5 Å². The number of hydrogen-bond donors (Lipinski definition) is 1. The highest BCUT2D eigenvalue weighted by molar-refractivity contribution is 7.91. The second kappa shape index (κ2) is 18.2. The van der Waals surface area contributed by atoms with Gasteiger partial charge in [-0.3, -0.25) is 9.59 Å². The van der Waals surface area contributed by atoms with E-state index in [1.807, 2.05) is 6.92 Å². The zero-order valence-electron chi connectivity index (χ0n) is 34.5. The highest BCUT2D eigenvalue weighted by Gasteiger charge is 2.25. The molecule has 0 atom stereocenters. The molecule has 0 bridgehead atoms. The van der Waals surface area contributed by atoms with Crippen LogP contribution in [0.15, 0.2) is 165 Å². The van der Waals surface area contributed by atoms with Gasteiger partial charge >= 0.3 is 11.9 Å². The molecule has 0 aliphatic rings. The molecule has 2 heterocycles. The molecule has 0 saturated carbocycles. The fourth-order valence-corrected chi connectivity index (χ4v) is 10.9. The zero-order chi connectivity index (χ0) is 45.1. The maximum atomic E-state index is 14.1. The van der Waals surface area contributed by atoms with Gasteiger partial charge in [-0.15, -0.1) is 0 Å². The van der Waals surface area contributed by atoms with Crippen molar-refractivity contribution < 1.29 is 45.0 Å². The van der Waals surface area contributed by atoms with Crippen molar-refractivity contribution in [1.82, 2.24) is 9.13 Å². The predicted molar refractivity (Wildman–Crippen MR) is 235 cm³/mol. The Hall–Kier alpha value is -6.90. The van der Waals surface area contributed by atoms with Crippen molar-refractivity contribution in [2.75, 3.05) is 7.11 Å². The minimum atomic E-state index is -3.75. The molecule has 0 fully saturated rings. The number of nitrogens with zero attached hydrogens (tertiary/aromatic N) is 2. The number of carboxylic acid groups (broad SMARTS) is 1. The minimum Gasteiger partial charge on any atom is -0.480 e. The number of carbonyl (C=O) groups is 2. The minimum absolute atomic E-state index is 0.0194. The summed E-state index contributed by atoms with van der Waals surface area (Å²) in [5.41, 5.74) is 5.32. The fourth-order valence-electron chi connectivity index (χ4n) is 7.89. The van der Waals surface area contributed by atoms with Crippen LogP contribution in [-0.2, 0) is 59.9 Å². The summed E-state index contributed by atoms with van der Waals surface area (Å²) in [6.45, 7) is 3.32. The molecule has 0 aliphatic carbocycles. The van der Waals surface area contributed by atoms with Gasteiger partial charge < -0.3 is 19.0 Å². The molecule has 14 heteroatoms. The van der Waals surface area contributed by atoms with Crippen LogP contribution in [0.1, 0.15) is 33.6 Å². The maximum Gasteiger partial charge on any atom is 0.325 e. The van der Waals surface area contributed by atoms with Gasteiger partial charge in [-0.2, -0.15) is 0 Å². The van der Waals surface area contributed by atoms with E-state index in [1.165, 1.54) is 31.4 Å². The van der Waals surface area contributed by atoms with E-state index < -0.39 is 43.2 Å². The molecule has 322 valence electrons. The lowest BCUT2D eigenvalue weighted by Crippen LogP contribution is -2.13. The third kappa shape index (κ3) is 9.04. The molecule has 2 aromatic heterocycles. The number of benzene rings is 6. The summed E-state index contributed by atoms with van der Waals surface area (Å²) in [6, 6.07) is 38.6. The van der Waals surface area contributed by atoms with Crippen molar-refractivity contribution in [2.24, 2.45) is 0 Å². The van der Waals surface area contributed by atoms with Crippen molar-refractivity contribution >= 4 is 53.4 Å². The molecular weight excluding hydrogens is 847 g/mol. The van der Waals surface area contributed by atoms with Gasteiger partial charge in [0.05, 0.1) is 26.7 Å². The van der Waals surface area contributed by atoms with Gasteiger partial charge in [-0.25, -0.2) is 25.6 Å². The monoisotopic (exact) mass is 888 g/mol. The number of hydrogen-bond acceptors (Lipinski definition) is 7. The Morgan fingerprint density at radius 1 is 0.556 bits per heavy atom. The number of methoxy groups -OCH3 is 1. The number of carbonyl (C=O) groups excluding carboxylic acids is 1. The summed E-state index contributed by atoms with van der Waals surface area (Å²) < 4.78 is 89.5. The van der Waals surface area contributed by atoms with E-state index in [1.54, 1.807) is 137 Å². The third-order valence-electron chi connectivity index (χ3n) is 11.0. The number of rotatable bonds is 12. The Kier molecular flexibility index (Phi) is 12.8. The highest BCUT2D eigenvalue weighted by atomic mass is 32.2. The number of esters is 1. The van der Waals surface area contributed by atoms with Crippen molar-refractivity contribution in [2.45, 2.75) is 59.4 Å². The quantitative estimate of drug-likeness (QED) is 0.120. The van der Waals surface area contributed by atoms with Crippen LogP contribution >= 0.6 is 0 Å².